The zero-order valence-corrected chi connectivity index (χ0v) is 7.26. The van der Waals surface area contributed by atoms with Crippen molar-refractivity contribution in [1.29, 1.82) is 0 Å². The Labute approximate surface area is 67.5 Å². The van der Waals surface area contributed by atoms with Gasteiger partial charge in [-0.15, -0.1) is 0 Å². The third-order valence-corrected chi connectivity index (χ3v) is 1.69. The average molecular weight is 150 g/mol. The number of hydrogen-bond acceptors (Lipinski definition) is 2. The molecule has 1 rings (SSSR count). The van der Waals surface area contributed by atoms with Crippen molar-refractivity contribution in [1.82, 2.24) is 4.98 Å². The minimum absolute atomic E-state index is 0.0376. The Morgan fingerprint density at radius 1 is 1.45 bits per heavy atom. The largest absolute Gasteiger partial charge is 0.323 e. The normalized spacial score (nSPS) is 13.1. The van der Waals surface area contributed by atoms with Crippen molar-refractivity contribution in [2.24, 2.45) is 5.73 Å². The fraction of sp³-hybridized carbons (Fsp3) is 0.444. The SMILES string of the molecule is Cc1cnc([C@@H](C)N)c(C)c1. The number of rotatable bonds is 1. The lowest BCUT2D eigenvalue weighted by Gasteiger charge is -2.07. The highest BCUT2D eigenvalue weighted by molar-refractivity contribution is 5.24. The maximum Gasteiger partial charge on any atom is 0.0597 e. The van der Waals surface area contributed by atoms with E-state index in [1.165, 1.54) is 11.1 Å². The second-order valence-corrected chi connectivity index (χ2v) is 3.00. The Bertz CT molecular complexity index is 254. The van der Waals surface area contributed by atoms with Crippen LogP contribution in [0.1, 0.15) is 29.8 Å². The van der Waals surface area contributed by atoms with Gasteiger partial charge in [-0.2, -0.15) is 0 Å². The fourth-order valence-electron chi connectivity index (χ4n) is 1.20. The molecule has 0 fully saturated rings. The predicted molar refractivity (Wildman–Crippen MR) is 46.3 cm³/mol. The summed E-state index contributed by atoms with van der Waals surface area (Å²) in [6.07, 6.45) is 1.85. The zero-order valence-electron chi connectivity index (χ0n) is 7.26. The molecular weight excluding hydrogens is 136 g/mol. The fourth-order valence-corrected chi connectivity index (χ4v) is 1.20. The molecular formula is C9H14N2. The van der Waals surface area contributed by atoms with Crippen molar-refractivity contribution >= 4 is 0 Å². The van der Waals surface area contributed by atoms with E-state index >= 15 is 0 Å². The molecule has 0 aliphatic heterocycles. The molecule has 0 spiro atoms. The lowest BCUT2D eigenvalue weighted by Crippen LogP contribution is -2.09. The molecule has 0 bridgehead atoms. The third-order valence-electron chi connectivity index (χ3n) is 1.69. The number of aryl methyl sites for hydroxylation is 2. The van der Waals surface area contributed by atoms with Crippen LogP contribution in [0.25, 0.3) is 0 Å². The van der Waals surface area contributed by atoms with Crippen LogP contribution in [0, 0.1) is 13.8 Å². The van der Waals surface area contributed by atoms with Gasteiger partial charge in [0.2, 0.25) is 0 Å². The van der Waals surface area contributed by atoms with Crippen molar-refractivity contribution < 1.29 is 0 Å². The molecule has 0 amide bonds. The molecule has 1 aromatic heterocycles. The summed E-state index contributed by atoms with van der Waals surface area (Å²) in [4.78, 5) is 4.25. The highest BCUT2D eigenvalue weighted by atomic mass is 14.8. The van der Waals surface area contributed by atoms with Gasteiger partial charge in [0, 0.05) is 12.2 Å². The summed E-state index contributed by atoms with van der Waals surface area (Å²) in [5, 5.41) is 0. The Balaban J connectivity index is 3.09. The van der Waals surface area contributed by atoms with Crippen molar-refractivity contribution in [2.75, 3.05) is 0 Å². The van der Waals surface area contributed by atoms with Crippen molar-refractivity contribution in [3.05, 3.63) is 29.1 Å². The average Bonchev–Trinajstić information content (AvgIpc) is 1.85. The number of hydrogen-bond donors (Lipinski definition) is 1. The van der Waals surface area contributed by atoms with Gasteiger partial charge in [-0.05, 0) is 31.9 Å². The van der Waals surface area contributed by atoms with Crippen LogP contribution in [0.3, 0.4) is 0 Å². The van der Waals surface area contributed by atoms with E-state index in [4.69, 9.17) is 5.73 Å². The van der Waals surface area contributed by atoms with Gasteiger partial charge in [0.05, 0.1) is 5.69 Å². The van der Waals surface area contributed by atoms with Crippen LogP contribution >= 0.6 is 0 Å². The summed E-state index contributed by atoms with van der Waals surface area (Å²) < 4.78 is 0. The molecule has 1 atom stereocenters. The summed E-state index contributed by atoms with van der Waals surface area (Å²) >= 11 is 0. The molecule has 0 unspecified atom stereocenters. The van der Waals surface area contributed by atoms with Gasteiger partial charge < -0.3 is 5.73 Å². The zero-order chi connectivity index (χ0) is 8.43. The van der Waals surface area contributed by atoms with Crippen LogP contribution in [0.2, 0.25) is 0 Å². The summed E-state index contributed by atoms with van der Waals surface area (Å²) in [6, 6.07) is 2.14. The van der Waals surface area contributed by atoms with E-state index in [9.17, 15) is 0 Å². The van der Waals surface area contributed by atoms with Crippen LogP contribution in [0.5, 0.6) is 0 Å². The third kappa shape index (κ3) is 1.77. The summed E-state index contributed by atoms with van der Waals surface area (Å²) in [5.41, 5.74) is 9.07. The monoisotopic (exact) mass is 150 g/mol. The first-order chi connectivity index (χ1) is 5.11. The second kappa shape index (κ2) is 3.01. The standard InChI is InChI=1S/C9H14N2/c1-6-4-7(2)9(8(3)10)11-5-6/h4-5,8H,10H2,1-3H3/t8-/m1/s1. The van der Waals surface area contributed by atoms with Crippen LogP contribution < -0.4 is 5.73 Å². The van der Waals surface area contributed by atoms with E-state index in [0.29, 0.717) is 0 Å². The highest BCUT2D eigenvalue weighted by Gasteiger charge is 2.03. The first-order valence-corrected chi connectivity index (χ1v) is 3.80. The summed E-state index contributed by atoms with van der Waals surface area (Å²) in [7, 11) is 0. The van der Waals surface area contributed by atoms with Crippen LogP contribution in [-0.4, -0.2) is 4.98 Å². The first-order valence-electron chi connectivity index (χ1n) is 3.80. The molecule has 0 aliphatic carbocycles. The molecule has 0 aromatic carbocycles. The molecule has 0 saturated heterocycles. The molecule has 1 aromatic rings. The lowest BCUT2D eigenvalue weighted by atomic mass is 10.1. The van der Waals surface area contributed by atoms with Crippen molar-refractivity contribution in [2.45, 2.75) is 26.8 Å². The topological polar surface area (TPSA) is 38.9 Å². The molecule has 0 saturated carbocycles. The lowest BCUT2D eigenvalue weighted by molar-refractivity contribution is 0.770. The Morgan fingerprint density at radius 3 is 2.55 bits per heavy atom. The molecule has 11 heavy (non-hydrogen) atoms. The molecule has 0 radical (unpaired) electrons. The minimum Gasteiger partial charge on any atom is -0.323 e. The van der Waals surface area contributed by atoms with Crippen LogP contribution in [-0.2, 0) is 0 Å². The maximum atomic E-state index is 5.70. The number of nitrogens with two attached hydrogens (primary N) is 1. The molecule has 2 heteroatoms. The maximum absolute atomic E-state index is 5.70. The molecule has 1 heterocycles. The Morgan fingerprint density at radius 2 is 2.09 bits per heavy atom. The van der Waals surface area contributed by atoms with Gasteiger partial charge in [-0.3, -0.25) is 4.98 Å². The van der Waals surface area contributed by atoms with E-state index in [1.807, 2.05) is 27.0 Å². The minimum atomic E-state index is 0.0376. The predicted octanol–water partition coefficient (Wildman–Crippen LogP) is 1.72. The summed E-state index contributed by atoms with van der Waals surface area (Å²) in [6.45, 7) is 6.02. The molecule has 60 valence electrons. The molecule has 2 nitrogen and oxygen atoms in total. The Kier molecular flexibility index (Phi) is 2.25. The van der Waals surface area contributed by atoms with E-state index in [-0.39, 0.29) is 6.04 Å². The molecule has 2 N–H and O–H groups in total. The quantitative estimate of drug-likeness (QED) is 0.662. The van der Waals surface area contributed by atoms with Crippen molar-refractivity contribution in [3.63, 3.8) is 0 Å². The van der Waals surface area contributed by atoms with Crippen LogP contribution in [0.4, 0.5) is 0 Å². The Hall–Kier alpha value is -0.890. The van der Waals surface area contributed by atoms with Gasteiger partial charge in [0.25, 0.3) is 0 Å². The highest BCUT2D eigenvalue weighted by Crippen LogP contribution is 2.12. The van der Waals surface area contributed by atoms with E-state index in [2.05, 4.69) is 11.1 Å². The van der Waals surface area contributed by atoms with E-state index in [1.54, 1.807) is 0 Å². The first kappa shape index (κ1) is 8.21. The van der Waals surface area contributed by atoms with Gasteiger partial charge in [-0.1, -0.05) is 6.07 Å². The number of aromatic nitrogens is 1. The van der Waals surface area contributed by atoms with Crippen molar-refractivity contribution in [3.8, 4) is 0 Å². The van der Waals surface area contributed by atoms with Gasteiger partial charge in [-0.25, -0.2) is 0 Å². The van der Waals surface area contributed by atoms with Gasteiger partial charge >= 0.3 is 0 Å². The van der Waals surface area contributed by atoms with Gasteiger partial charge in [0.15, 0.2) is 0 Å². The molecule has 0 aliphatic rings. The number of pyridine rings is 1. The number of nitrogens with zero attached hydrogens (tertiary/aromatic N) is 1. The van der Waals surface area contributed by atoms with E-state index in [0.717, 1.165) is 5.69 Å². The van der Waals surface area contributed by atoms with Gasteiger partial charge in [0.1, 0.15) is 0 Å². The second-order valence-electron chi connectivity index (χ2n) is 3.00. The summed E-state index contributed by atoms with van der Waals surface area (Å²) in [5.74, 6) is 0. The van der Waals surface area contributed by atoms with E-state index < -0.39 is 0 Å². The van der Waals surface area contributed by atoms with Crippen LogP contribution in [0.15, 0.2) is 12.3 Å². The smallest absolute Gasteiger partial charge is 0.0597 e.